The van der Waals surface area contributed by atoms with Gasteiger partial charge in [0.2, 0.25) is 0 Å². The van der Waals surface area contributed by atoms with Gasteiger partial charge in [-0.25, -0.2) is 0 Å². The second-order valence-corrected chi connectivity index (χ2v) is 5.39. The Hall–Kier alpha value is -2.61. The van der Waals surface area contributed by atoms with Gasteiger partial charge >= 0.3 is 0 Å². The van der Waals surface area contributed by atoms with Crippen LogP contribution in [0, 0.1) is 0 Å². The quantitative estimate of drug-likeness (QED) is 0.774. The van der Waals surface area contributed by atoms with Gasteiger partial charge in [0.25, 0.3) is 0 Å². The molecule has 0 fully saturated rings. The van der Waals surface area contributed by atoms with Crippen molar-refractivity contribution < 1.29 is 9.53 Å². The summed E-state index contributed by atoms with van der Waals surface area (Å²) in [5.41, 5.74) is 3.53. The first-order valence-corrected chi connectivity index (χ1v) is 7.05. The Kier molecular flexibility index (Phi) is 2.58. The monoisotopic (exact) mass is 274 g/mol. The Labute approximate surface area is 123 Å². The van der Waals surface area contributed by atoms with Gasteiger partial charge in [0.15, 0.2) is 5.78 Å². The number of fused-ring (bicyclic) bond motifs is 2. The summed E-state index contributed by atoms with van der Waals surface area (Å²) in [6, 6.07) is 17.8. The van der Waals surface area contributed by atoms with E-state index in [1.165, 1.54) is 0 Å². The summed E-state index contributed by atoms with van der Waals surface area (Å²) in [4.78, 5) is 12.8. The molecule has 0 bridgehead atoms. The molecule has 0 spiro atoms. The molecule has 0 N–H and O–H groups in total. The highest BCUT2D eigenvalue weighted by molar-refractivity contribution is 6.21. The Morgan fingerprint density at radius 3 is 2.33 bits per heavy atom. The van der Waals surface area contributed by atoms with E-state index in [1.807, 2.05) is 55.5 Å². The molecule has 4 rings (SSSR count). The smallest absolute Gasteiger partial charge is 0.194 e. The third-order valence-corrected chi connectivity index (χ3v) is 4.04. The molecule has 1 atom stereocenters. The van der Waals surface area contributed by atoms with Crippen LogP contribution < -0.4 is 0 Å². The molecular weight excluding hydrogens is 260 g/mol. The van der Waals surface area contributed by atoms with Gasteiger partial charge in [0, 0.05) is 17.0 Å². The zero-order valence-corrected chi connectivity index (χ0v) is 11.7. The number of ketones is 1. The van der Waals surface area contributed by atoms with Crippen molar-refractivity contribution in [3.8, 4) is 0 Å². The fourth-order valence-electron chi connectivity index (χ4n) is 3.10. The van der Waals surface area contributed by atoms with E-state index >= 15 is 0 Å². The molecule has 0 amide bonds. The molecule has 2 heteroatoms. The van der Waals surface area contributed by atoms with E-state index in [2.05, 4.69) is 12.1 Å². The Morgan fingerprint density at radius 2 is 1.57 bits per heavy atom. The van der Waals surface area contributed by atoms with Crippen LogP contribution in [0.15, 0.2) is 72.0 Å². The molecule has 1 unspecified atom stereocenters. The minimum absolute atomic E-state index is 0.0325. The zero-order chi connectivity index (χ0) is 14.4. The summed E-state index contributed by atoms with van der Waals surface area (Å²) in [5, 5.41) is 0. The van der Waals surface area contributed by atoms with Crippen molar-refractivity contribution >= 4 is 11.5 Å². The number of hydrogen-bond acceptors (Lipinski definition) is 2. The molecule has 21 heavy (non-hydrogen) atoms. The van der Waals surface area contributed by atoms with Crippen LogP contribution in [-0.4, -0.2) is 5.78 Å². The predicted octanol–water partition coefficient (Wildman–Crippen LogP) is 4.31. The van der Waals surface area contributed by atoms with Crippen LogP contribution >= 0.6 is 0 Å². The largest absolute Gasteiger partial charge is 0.461 e. The fraction of sp³-hybridized carbons (Fsp3) is 0.105. The first-order chi connectivity index (χ1) is 10.3. The molecule has 1 heterocycles. The van der Waals surface area contributed by atoms with Crippen molar-refractivity contribution in [2.24, 2.45) is 0 Å². The summed E-state index contributed by atoms with van der Waals surface area (Å²) >= 11 is 0. The van der Waals surface area contributed by atoms with Crippen molar-refractivity contribution in [1.29, 1.82) is 0 Å². The number of benzene rings is 2. The van der Waals surface area contributed by atoms with Gasteiger partial charge in [0.1, 0.15) is 5.76 Å². The Morgan fingerprint density at radius 1 is 0.905 bits per heavy atom. The highest BCUT2D eigenvalue weighted by Gasteiger charge is 2.38. The summed E-state index contributed by atoms with van der Waals surface area (Å²) < 4.78 is 5.88. The van der Waals surface area contributed by atoms with E-state index in [4.69, 9.17) is 4.74 Å². The van der Waals surface area contributed by atoms with Crippen LogP contribution in [-0.2, 0) is 4.74 Å². The molecule has 2 aromatic rings. The predicted molar refractivity (Wildman–Crippen MR) is 81.7 cm³/mol. The lowest BCUT2D eigenvalue weighted by atomic mass is 9.87. The molecule has 1 aliphatic carbocycles. The third-order valence-electron chi connectivity index (χ3n) is 4.04. The summed E-state index contributed by atoms with van der Waals surface area (Å²) in [7, 11) is 0. The number of rotatable bonds is 1. The van der Waals surface area contributed by atoms with E-state index in [0.29, 0.717) is 0 Å². The molecular formula is C19H14O2. The molecule has 2 aromatic carbocycles. The van der Waals surface area contributed by atoms with E-state index in [-0.39, 0.29) is 11.7 Å². The maximum Gasteiger partial charge on any atom is 0.194 e. The number of ether oxygens (including phenoxy) is 1. The first-order valence-electron chi connectivity index (χ1n) is 7.05. The van der Waals surface area contributed by atoms with Crippen LogP contribution in [0.1, 0.15) is 34.3 Å². The van der Waals surface area contributed by atoms with Crippen molar-refractivity contribution in [3.63, 3.8) is 0 Å². The van der Waals surface area contributed by atoms with Crippen LogP contribution in [0.2, 0.25) is 0 Å². The summed E-state index contributed by atoms with van der Waals surface area (Å²) in [5.74, 6) is 1.62. The molecule has 2 nitrogen and oxygen atoms in total. The van der Waals surface area contributed by atoms with E-state index in [0.717, 1.165) is 33.8 Å². The second-order valence-electron chi connectivity index (χ2n) is 5.39. The number of carbonyl (C=O) groups is 1. The van der Waals surface area contributed by atoms with E-state index in [9.17, 15) is 4.79 Å². The van der Waals surface area contributed by atoms with Gasteiger partial charge in [0.05, 0.1) is 11.3 Å². The topological polar surface area (TPSA) is 26.3 Å². The second kappa shape index (κ2) is 4.45. The lowest BCUT2D eigenvalue weighted by Gasteiger charge is -2.22. The minimum Gasteiger partial charge on any atom is -0.461 e. The molecule has 1 aliphatic heterocycles. The highest BCUT2D eigenvalue weighted by atomic mass is 16.5. The van der Waals surface area contributed by atoms with Gasteiger partial charge < -0.3 is 4.74 Å². The minimum atomic E-state index is -0.0325. The zero-order valence-electron chi connectivity index (χ0n) is 11.7. The van der Waals surface area contributed by atoms with Crippen LogP contribution in [0.5, 0.6) is 0 Å². The third kappa shape index (κ3) is 1.76. The van der Waals surface area contributed by atoms with E-state index < -0.39 is 0 Å². The average molecular weight is 274 g/mol. The van der Waals surface area contributed by atoms with Gasteiger partial charge in [-0.05, 0) is 18.6 Å². The standard InChI is InChI=1S/C19H14O2/c1-12-11-16(13-7-3-2-4-8-13)17-18(20)14-9-5-6-10-15(14)19(17)21-12/h2-11,16H,1H3. The number of carbonyl (C=O) groups excluding carboxylic acids is 1. The molecule has 102 valence electrons. The number of allylic oxidation sites excluding steroid dienone is 3. The van der Waals surface area contributed by atoms with Crippen molar-refractivity contribution in [1.82, 2.24) is 0 Å². The Bertz CT molecular complexity index is 797. The number of hydrogen-bond donors (Lipinski definition) is 0. The molecule has 0 aromatic heterocycles. The van der Waals surface area contributed by atoms with Crippen molar-refractivity contribution in [2.45, 2.75) is 12.8 Å². The van der Waals surface area contributed by atoms with Gasteiger partial charge in [-0.1, -0.05) is 54.6 Å². The SMILES string of the molecule is CC1=CC(c2ccccc2)C2=C(O1)c1ccccc1C2=O. The fourth-order valence-corrected chi connectivity index (χ4v) is 3.10. The average Bonchev–Trinajstić information content (AvgIpc) is 2.81. The molecule has 0 radical (unpaired) electrons. The summed E-state index contributed by atoms with van der Waals surface area (Å²) in [6.07, 6.45) is 2.03. The van der Waals surface area contributed by atoms with Gasteiger partial charge in [-0.3, -0.25) is 4.79 Å². The molecule has 2 aliphatic rings. The van der Waals surface area contributed by atoms with Crippen molar-refractivity contribution in [3.05, 3.63) is 88.7 Å². The van der Waals surface area contributed by atoms with Crippen LogP contribution in [0.3, 0.4) is 0 Å². The van der Waals surface area contributed by atoms with Gasteiger partial charge in [-0.15, -0.1) is 0 Å². The number of Topliss-reactive ketones (excluding diaryl/α,β-unsaturated/α-hetero) is 1. The Balaban J connectivity index is 1.91. The lowest BCUT2D eigenvalue weighted by Crippen LogP contribution is -2.12. The van der Waals surface area contributed by atoms with Gasteiger partial charge in [-0.2, -0.15) is 0 Å². The van der Waals surface area contributed by atoms with E-state index in [1.54, 1.807) is 0 Å². The van der Waals surface area contributed by atoms with Crippen LogP contribution in [0.4, 0.5) is 0 Å². The molecule has 0 saturated carbocycles. The van der Waals surface area contributed by atoms with Crippen molar-refractivity contribution in [2.75, 3.05) is 0 Å². The molecule has 0 saturated heterocycles. The maximum absolute atomic E-state index is 12.8. The highest BCUT2D eigenvalue weighted by Crippen LogP contribution is 2.45. The first kappa shape index (κ1) is 12.2. The normalized spacial score (nSPS) is 19.8. The maximum atomic E-state index is 12.8. The summed E-state index contributed by atoms with van der Waals surface area (Å²) in [6.45, 7) is 1.94. The lowest BCUT2D eigenvalue weighted by molar-refractivity contribution is 0.103. The van der Waals surface area contributed by atoms with Crippen LogP contribution in [0.25, 0.3) is 5.76 Å².